The highest BCUT2D eigenvalue weighted by Gasteiger charge is 2.24. The Balaban J connectivity index is 2.57. The average molecular weight is 366 g/mol. The Kier molecular flexibility index (Phi) is 5.91. The summed E-state index contributed by atoms with van der Waals surface area (Å²) in [6.07, 6.45) is 1.43. The molecule has 0 radical (unpaired) electrons. The van der Waals surface area contributed by atoms with Gasteiger partial charge in [0.25, 0.3) is 11.5 Å². The summed E-state index contributed by atoms with van der Waals surface area (Å²) in [5, 5.41) is 0. The summed E-state index contributed by atoms with van der Waals surface area (Å²) in [6.45, 7) is 3.78. The second-order valence-corrected chi connectivity index (χ2v) is 5.71. The van der Waals surface area contributed by atoms with E-state index in [1.807, 2.05) is 6.92 Å². The highest BCUT2D eigenvalue weighted by molar-refractivity contribution is 6.07. The lowest BCUT2D eigenvalue weighted by Gasteiger charge is -2.23. The number of hydrogen-bond donors (Lipinski definition) is 2. The number of amides is 1. The van der Waals surface area contributed by atoms with E-state index in [2.05, 4.69) is 4.98 Å². The first kappa shape index (κ1) is 19.4. The largest absolute Gasteiger partial charge is 0.383 e. The summed E-state index contributed by atoms with van der Waals surface area (Å²) in [7, 11) is 0. The second kappa shape index (κ2) is 7.94. The van der Waals surface area contributed by atoms with Gasteiger partial charge >= 0.3 is 5.69 Å². The molecule has 0 unspecified atom stereocenters. The molecule has 0 fully saturated rings. The van der Waals surface area contributed by atoms with Gasteiger partial charge in [-0.05, 0) is 25.5 Å². The number of aromatic nitrogens is 2. The third kappa shape index (κ3) is 3.81. The number of unbranched alkanes of at least 4 members (excludes halogenated alkanes) is 1. The van der Waals surface area contributed by atoms with Crippen LogP contribution < -0.4 is 21.9 Å². The van der Waals surface area contributed by atoms with Crippen molar-refractivity contribution in [3.63, 3.8) is 0 Å². The van der Waals surface area contributed by atoms with Crippen molar-refractivity contribution < 1.29 is 13.6 Å². The minimum Gasteiger partial charge on any atom is -0.383 e. The number of aromatic amines is 1. The summed E-state index contributed by atoms with van der Waals surface area (Å²) in [5.74, 6) is -2.80. The van der Waals surface area contributed by atoms with Crippen molar-refractivity contribution in [2.75, 3.05) is 17.2 Å². The maximum absolute atomic E-state index is 13.4. The lowest BCUT2D eigenvalue weighted by molar-refractivity contribution is 0.0987. The SMILES string of the molecule is CCCCn1c(N)c(N(CC)C(=O)c2cc(F)cc(F)c2)c(=O)[nH]c1=O. The summed E-state index contributed by atoms with van der Waals surface area (Å²) in [5.41, 5.74) is 3.97. The maximum atomic E-state index is 13.4. The van der Waals surface area contributed by atoms with Gasteiger partial charge in [0.1, 0.15) is 17.5 Å². The van der Waals surface area contributed by atoms with E-state index in [9.17, 15) is 23.2 Å². The van der Waals surface area contributed by atoms with Crippen molar-refractivity contribution in [1.29, 1.82) is 0 Å². The number of carbonyl (C=O) groups excluding carboxylic acids is 1. The van der Waals surface area contributed by atoms with E-state index in [-0.39, 0.29) is 30.2 Å². The monoisotopic (exact) mass is 366 g/mol. The quantitative estimate of drug-likeness (QED) is 0.815. The van der Waals surface area contributed by atoms with Crippen LogP contribution in [0.25, 0.3) is 0 Å². The molecule has 1 aromatic heterocycles. The fourth-order valence-electron chi connectivity index (χ4n) is 2.61. The molecule has 0 aliphatic rings. The summed E-state index contributed by atoms with van der Waals surface area (Å²) in [4.78, 5) is 40.1. The van der Waals surface area contributed by atoms with Crippen molar-refractivity contribution >= 4 is 17.4 Å². The van der Waals surface area contributed by atoms with Gasteiger partial charge in [-0.15, -0.1) is 0 Å². The molecule has 1 aromatic carbocycles. The minimum absolute atomic E-state index is 0.0101. The minimum atomic E-state index is -0.917. The van der Waals surface area contributed by atoms with Gasteiger partial charge in [-0.1, -0.05) is 13.3 Å². The first-order valence-electron chi connectivity index (χ1n) is 8.20. The highest BCUT2D eigenvalue weighted by Crippen LogP contribution is 2.20. The number of nitrogens with two attached hydrogens (primary N) is 1. The topological polar surface area (TPSA) is 101 Å². The average Bonchev–Trinajstić information content (AvgIpc) is 2.56. The van der Waals surface area contributed by atoms with Crippen molar-refractivity contribution in [1.82, 2.24) is 9.55 Å². The zero-order valence-electron chi connectivity index (χ0n) is 14.5. The van der Waals surface area contributed by atoms with Crippen LogP contribution in [0.3, 0.4) is 0 Å². The summed E-state index contributed by atoms with van der Waals surface area (Å²) in [6, 6.07) is 2.37. The Morgan fingerprint density at radius 2 is 1.81 bits per heavy atom. The van der Waals surface area contributed by atoms with E-state index < -0.39 is 28.8 Å². The first-order chi connectivity index (χ1) is 12.3. The number of hydrogen-bond acceptors (Lipinski definition) is 4. The number of nitrogens with zero attached hydrogens (tertiary/aromatic N) is 2. The third-order valence-corrected chi connectivity index (χ3v) is 3.89. The van der Waals surface area contributed by atoms with Crippen LogP contribution in [-0.4, -0.2) is 22.0 Å². The van der Waals surface area contributed by atoms with Crippen molar-refractivity contribution in [3.8, 4) is 0 Å². The lowest BCUT2D eigenvalue weighted by atomic mass is 10.1. The first-order valence-corrected chi connectivity index (χ1v) is 8.20. The molecule has 0 spiro atoms. The Labute approximate surface area is 148 Å². The van der Waals surface area contributed by atoms with Crippen LogP contribution in [0.15, 0.2) is 27.8 Å². The zero-order valence-corrected chi connectivity index (χ0v) is 14.5. The van der Waals surface area contributed by atoms with Crippen LogP contribution >= 0.6 is 0 Å². The normalized spacial score (nSPS) is 10.8. The molecule has 9 heteroatoms. The van der Waals surface area contributed by atoms with Gasteiger partial charge in [-0.25, -0.2) is 13.6 Å². The van der Waals surface area contributed by atoms with Crippen LogP contribution in [0.2, 0.25) is 0 Å². The molecular formula is C17H20F2N4O3. The highest BCUT2D eigenvalue weighted by atomic mass is 19.1. The molecule has 0 aliphatic carbocycles. The molecular weight excluding hydrogens is 346 g/mol. The number of carbonyl (C=O) groups is 1. The van der Waals surface area contributed by atoms with E-state index in [4.69, 9.17) is 5.73 Å². The molecule has 0 atom stereocenters. The van der Waals surface area contributed by atoms with Crippen molar-refractivity contribution in [2.24, 2.45) is 0 Å². The van der Waals surface area contributed by atoms with Gasteiger partial charge < -0.3 is 10.6 Å². The summed E-state index contributed by atoms with van der Waals surface area (Å²) < 4.78 is 28.0. The van der Waals surface area contributed by atoms with Crippen LogP contribution in [0.1, 0.15) is 37.0 Å². The van der Waals surface area contributed by atoms with Crippen LogP contribution in [-0.2, 0) is 6.54 Å². The number of nitrogen functional groups attached to an aromatic ring is 1. The summed E-state index contributed by atoms with van der Waals surface area (Å²) >= 11 is 0. The number of H-pyrrole nitrogens is 1. The van der Waals surface area contributed by atoms with E-state index in [0.29, 0.717) is 12.5 Å². The van der Waals surface area contributed by atoms with Gasteiger partial charge in [0, 0.05) is 24.7 Å². The Morgan fingerprint density at radius 1 is 1.19 bits per heavy atom. The molecule has 7 nitrogen and oxygen atoms in total. The molecule has 1 amide bonds. The Morgan fingerprint density at radius 3 is 2.35 bits per heavy atom. The zero-order chi connectivity index (χ0) is 19.4. The van der Waals surface area contributed by atoms with E-state index >= 15 is 0 Å². The number of nitrogens with one attached hydrogen (secondary N) is 1. The standard InChI is InChI=1S/C17H20F2N4O3/c1-3-5-6-23-14(20)13(15(24)21-17(23)26)22(4-2)16(25)10-7-11(18)9-12(19)8-10/h7-9H,3-6,20H2,1-2H3,(H,21,24,26). The molecule has 0 saturated carbocycles. The van der Waals surface area contributed by atoms with Crippen LogP contribution in [0, 0.1) is 11.6 Å². The fourth-order valence-corrected chi connectivity index (χ4v) is 2.61. The molecule has 2 aromatic rings. The fraction of sp³-hybridized carbons (Fsp3) is 0.353. The van der Waals surface area contributed by atoms with Crippen molar-refractivity contribution in [3.05, 3.63) is 56.2 Å². The predicted molar refractivity (Wildman–Crippen MR) is 94.4 cm³/mol. The van der Waals surface area contributed by atoms with Gasteiger partial charge in [0.2, 0.25) is 0 Å². The van der Waals surface area contributed by atoms with E-state index in [1.165, 1.54) is 4.57 Å². The third-order valence-electron chi connectivity index (χ3n) is 3.89. The van der Waals surface area contributed by atoms with Crippen LogP contribution in [0.5, 0.6) is 0 Å². The van der Waals surface area contributed by atoms with Gasteiger partial charge in [-0.3, -0.25) is 19.1 Å². The Bertz CT molecular complexity index is 916. The molecule has 3 N–H and O–H groups in total. The van der Waals surface area contributed by atoms with E-state index in [1.54, 1.807) is 6.92 Å². The molecule has 0 aliphatic heterocycles. The number of anilines is 2. The maximum Gasteiger partial charge on any atom is 0.330 e. The smallest absolute Gasteiger partial charge is 0.330 e. The molecule has 2 rings (SSSR count). The van der Waals surface area contributed by atoms with Gasteiger partial charge in [0.05, 0.1) is 0 Å². The number of halogens is 2. The lowest BCUT2D eigenvalue weighted by Crippen LogP contribution is -2.41. The van der Waals surface area contributed by atoms with Crippen molar-refractivity contribution in [2.45, 2.75) is 33.2 Å². The van der Waals surface area contributed by atoms with Gasteiger partial charge in [0.15, 0.2) is 5.69 Å². The number of rotatable bonds is 6. The molecule has 0 bridgehead atoms. The molecule has 0 saturated heterocycles. The Hall–Kier alpha value is -2.97. The molecule has 140 valence electrons. The second-order valence-electron chi connectivity index (χ2n) is 5.71. The predicted octanol–water partition coefficient (Wildman–Crippen LogP) is 1.86. The van der Waals surface area contributed by atoms with E-state index in [0.717, 1.165) is 23.5 Å². The number of benzene rings is 1. The molecule has 1 heterocycles. The van der Waals surface area contributed by atoms with Gasteiger partial charge in [-0.2, -0.15) is 0 Å². The molecule has 26 heavy (non-hydrogen) atoms. The van der Waals surface area contributed by atoms with Crippen LogP contribution in [0.4, 0.5) is 20.3 Å².